The van der Waals surface area contributed by atoms with Crippen LogP contribution in [0.25, 0.3) is 0 Å². The summed E-state index contributed by atoms with van der Waals surface area (Å²) < 4.78 is 0. The maximum absolute atomic E-state index is 9.31. The Bertz CT molecular complexity index is 112. The summed E-state index contributed by atoms with van der Waals surface area (Å²) in [6.45, 7) is 2.18. The van der Waals surface area contributed by atoms with Crippen molar-refractivity contribution in [3.63, 3.8) is 0 Å². The lowest BCUT2D eigenvalue weighted by Gasteiger charge is -2.03. The van der Waals surface area contributed by atoms with E-state index in [0.29, 0.717) is 0 Å². The van der Waals surface area contributed by atoms with Gasteiger partial charge in [0.05, 0.1) is 6.10 Å². The minimum atomic E-state index is -0.194. The Labute approximate surface area is 81.3 Å². The first kappa shape index (κ1) is 12.0. The van der Waals surface area contributed by atoms with Crippen molar-refractivity contribution in [1.82, 2.24) is 0 Å². The van der Waals surface area contributed by atoms with E-state index in [9.17, 15) is 5.11 Å². The van der Waals surface area contributed by atoms with E-state index in [-0.39, 0.29) is 6.10 Å². The average molecular weight is 188 g/mol. The number of hydrogen-bond acceptors (Lipinski definition) is 2. The molecule has 1 N–H and O–H groups in total. The second kappa shape index (κ2) is 9.14. The normalized spacial score (nSPS) is 13.9. The van der Waals surface area contributed by atoms with Gasteiger partial charge in [0.15, 0.2) is 0 Å². The highest BCUT2D eigenvalue weighted by Crippen LogP contribution is 2.02. The molecule has 0 fully saturated rings. The summed E-state index contributed by atoms with van der Waals surface area (Å²) in [5.41, 5.74) is 0. The smallest absolute Gasteiger partial charge is 0.0582 e. The minimum absolute atomic E-state index is 0.194. The van der Waals surface area contributed by atoms with Gasteiger partial charge < -0.3 is 5.11 Å². The van der Waals surface area contributed by atoms with E-state index in [4.69, 9.17) is 0 Å². The van der Waals surface area contributed by atoms with Crippen molar-refractivity contribution in [1.29, 1.82) is 0 Å². The van der Waals surface area contributed by atoms with Crippen LogP contribution < -0.4 is 0 Å². The van der Waals surface area contributed by atoms with E-state index in [0.717, 1.165) is 25.0 Å². The zero-order chi connectivity index (χ0) is 9.23. The summed E-state index contributed by atoms with van der Waals surface area (Å²) in [5.74, 6) is 0.768. The van der Waals surface area contributed by atoms with Crippen molar-refractivity contribution in [2.24, 2.45) is 0 Å². The molecule has 0 radical (unpaired) electrons. The van der Waals surface area contributed by atoms with Crippen LogP contribution in [-0.2, 0) is 0 Å². The topological polar surface area (TPSA) is 20.2 Å². The quantitative estimate of drug-likeness (QED) is 0.357. The lowest BCUT2D eigenvalue weighted by Crippen LogP contribution is -2.04. The second-order valence-electron chi connectivity index (χ2n) is 3.02. The molecule has 0 spiro atoms. The van der Waals surface area contributed by atoms with E-state index >= 15 is 0 Å². The molecule has 0 aliphatic heterocycles. The third-order valence-electron chi connectivity index (χ3n) is 1.76. The third kappa shape index (κ3) is 8.15. The van der Waals surface area contributed by atoms with Crippen molar-refractivity contribution in [3.8, 4) is 0 Å². The molecule has 0 unspecified atom stereocenters. The highest BCUT2D eigenvalue weighted by Gasteiger charge is 1.97. The molecule has 0 saturated carbocycles. The van der Waals surface area contributed by atoms with E-state index in [2.05, 4.69) is 31.7 Å². The Morgan fingerprint density at radius 3 is 2.75 bits per heavy atom. The van der Waals surface area contributed by atoms with Crippen molar-refractivity contribution >= 4 is 12.6 Å². The maximum atomic E-state index is 9.31. The zero-order valence-corrected chi connectivity index (χ0v) is 8.76. The lowest BCUT2D eigenvalue weighted by molar-refractivity contribution is 0.175. The number of allylic oxidation sites excluding steroid dienone is 1. The summed E-state index contributed by atoms with van der Waals surface area (Å²) in [4.78, 5) is 0. The zero-order valence-electron chi connectivity index (χ0n) is 7.87. The van der Waals surface area contributed by atoms with Crippen LogP contribution in [0.4, 0.5) is 0 Å². The molecule has 1 nitrogen and oxygen atoms in total. The minimum Gasteiger partial charge on any atom is -0.393 e. The fraction of sp³-hybridized carbons (Fsp3) is 0.800. The number of rotatable bonds is 7. The molecule has 0 amide bonds. The number of hydrogen-bond donors (Lipinski definition) is 2. The Hall–Kier alpha value is 0.0500. The Balaban J connectivity index is 3.21. The lowest BCUT2D eigenvalue weighted by atomic mass is 10.1. The van der Waals surface area contributed by atoms with Crippen LogP contribution in [0.1, 0.15) is 39.0 Å². The predicted octanol–water partition coefficient (Wildman–Crippen LogP) is 2.80. The van der Waals surface area contributed by atoms with Gasteiger partial charge in [0.2, 0.25) is 0 Å². The first-order chi connectivity index (χ1) is 5.81. The van der Waals surface area contributed by atoms with Crippen LogP contribution in [-0.4, -0.2) is 17.0 Å². The highest BCUT2D eigenvalue weighted by molar-refractivity contribution is 7.80. The number of unbranched alkanes of at least 4 members (excludes halogenated alkanes) is 2. The van der Waals surface area contributed by atoms with E-state index in [1.54, 1.807) is 0 Å². The molecule has 1 atom stereocenters. The summed E-state index contributed by atoms with van der Waals surface area (Å²) in [5, 5.41) is 9.31. The third-order valence-corrected chi connectivity index (χ3v) is 2.02. The Morgan fingerprint density at radius 2 is 2.17 bits per heavy atom. The van der Waals surface area contributed by atoms with Gasteiger partial charge in [-0.3, -0.25) is 0 Å². The fourth-order valence-electron chi connectivity index (χ4n) is 0.960. The van der Waals surface area contributed by atoms with Crippen LogP contribution in [0, 0.1) is 0 Å². The molecule has 0 rings (SSSR count). The van der Waals surface area contributed by atoms with E-state index in [1.165, 1.54) is 12.8 Å². The van der Waals surface area contributed by atoms with Crippen molar-refractivity contribution in [3.05, 3.63) is 12.2 Å². The van der Waals surface area contributed by atoms with Crippen molar-refractivity contribution in [2.75, 3.05) is 5.75 Å². The molecule has 2 heteroatoms. The largest absolute Gasteiger partial charge is 0.393 e. The molecule has 0 bridgehead atoms. The molecule has 0 aromatic rings. The molecular weight excluding hydrogens is 168 g/mol. The summed E-state index contributed by atoms with van der Waals surface area (Å²) in [6.07, 6.45) is 9.24. The summed E-state index contributed by atoms with van der Waals surface area (Å²) >= 11 is 4.05. The molecule has 12 heavy (non-hydrogen) atoms. The first-order valence-corrected chi connectivity index (χ1v) is 5.38. The Morgan fingerprint density at radius 1 is 1.42 bits per heavy atom. The van der Waals surface area contributed by atoms with Gasteiger partial charge in [-0.2, -0.15) is 12.6 Å². The molecule has 72 valence electrons. The van der Waals surface area contributed by atoms with E-state index < -0.39 is 0 Å². The number of aliphatic hydroxyl groups is 1. The van der Waals surface area contributed by atoms with Crippen LogP contribution in [0.15, 0.2) is 12.2 Å². The predicted molar refractivity (Wildman–Crippen MR) is 57.8 cm³/mol. The van der Waals surface area contributed by atoms with Crippen LogP contribution in [0.2, 0.25) is 0 Å². The number of aliphatic hydroxyl groups excluding tert-OH is 1. The maximum Gasteiger partial charge on any atom is 0.0582 e. The van der Waals surface area contributed by atoms with Crippen molar-refractivity contribution in [2.45, 2.75) is 45.1 Å². The SMILES string of the molecule is CCCC/C=C/C[C@@H](O)CCS. The summed E-state index contributed by atoms with van der Waals surface area (Å²) in [7, 11) is 0. The average Bonchev–Trinajstić information content (AvgIpc) is 2.05. The molecule has 0 saturated heterocycles. The molecular formula is C10H20OS. The van der Waals surface area contributed by atoms with E-state index in [1.807, 2.05) is 0 Å². The Kier molecular flexibility index (Phi) is 9.18. The second-order valence-corrected chi connectivity index (χ2v) is 3.46. The first-order valence-electron chi connectivity index (χ1n) is 4.75. The van der Waals surface area contributed by atoms with Gasteiger partial charge in [-0.25, -0.2) is 0 Å². The van der Waals surface area contributed by atoms with Gasteiger partial charge in [0.1, 0.15) is 0 Å². The van der Waals surface area contributed by atoms with Crippen LogP contribution >= 0.6 is 12.6 Å². The van der Waals surface area contributed by atoms with Gasteiger partial charge in [-0.05, 0) is 25.0 Å². The van der Waals surface area contributed by atoms with Gasteiger partial charge >= 0.3 is 0 Å². The van der Waals surface area contributed by atoms with Crippen LogP contribution in [0.3, 0.4) is 0 Å². The molecule has 0 heterocycles. The van der Waals surface area contributed by atoms with Gasteiger partial charge in [-0.1, -0.05) is 31.9 Å². The number of thiol groups is 1. The van der Waals surface area contributed by atoms with Crippen molar-refractivity contribution < 1.29 is 5.11 Å². The molecule has 0 aliphatic rings. The molecule has 0 aromatic carbocycles. The van der Waals surface area contributed by atoms with Gasteiger partial charge in [-0.15, -0.1) is 0 Å². The van der Waals surface area contributed by atoms with Gasteiger partial charge in [0, 0.05) is 0 Å². The van der Waals surface area contributed by atoms with Gasteiger partial charge in [0.25, 0.3) is 0 Å². The fourth-order valence-corrected chi connectivity index (χ4v) is 1.26. The highest BCUT2D eigenvalue weighted by atomic mass is 32.1. The standard InChI is InChI=1S/C10H20OS/c1-2-3-4-5-6-7-10(11)8-9-12/h5-6,10-12H,2-4,7-9H2,1H3/b6-5+/t10-/m1/s1. The summed E-state index contributed by atoms with van der Waals surface area (Å²) in [6, 6.07) is 0. The van der Waals surface area contributed by atoms with Crippen LogP contribution in [0.5, 0.6) is 0 Å². The monoisotopic (exact) mass is 188 g/mol. The molecule has 0 aliphatic carbocycles. The molecule has 0 aromatic heterocycles.